The summed E-state index contributed by atoms with van der Waals surface area (Å²) in [5.41, 5.74) is 5.94. The van der Waals surface area contributed by atoms with E-state index in [-0.39, 0.29) is 6.04 Å². The molecule has 6 heteroatoms. The van der Waals surface area contributed by atoms with Gasteiger partial charge in [-0.2, -0.15) is 0 Å². The average molecular weight is 356 g/mol. The second-order valence-corrected chi connectivity index (χ2v) is 6.70. The Morgan fingerprint density at radius 3 is 2.67 bits per heavy atom. The summed E-state index contributed by atoms with van der Waals surface area (Å²) in [4.78, 5) is 3.54. The number of hydrogen-bond donors (Lipinski definition) is 1. The maximum atomic E-state index is 6.11. The lowest BCUT2D eigenvalue weighted by Crippen LogP contribution is -2.41. The highest BCUT2D eigenvalue weighted by Crippen LogP contribution is 2.37. The molecule has 0 bridgehead atoms. The summed E-state index contributed by atoms with van der Waals surface area (Å²) in [7, 11) is 1.72. The van der Waals surface area contributed by atoms with Crippen LogP contribution in [0, 0.1) is 0 Å². The number of halogens is 2. The van der Waals surface area contributed by atoms with Crippen LogP contribution in [0.3, 0.4) is 0 Å². The normalized spacial score (nSPS) is 15.1. The smallest absolute Gasteiger partial charge is 0.107 e. The van der Waals surface area contributed by atoms with E-state index in [0.717, 1.165) is 15.4 Å². The zero-order valence-electron chi connectivity index (χ0n) is 11.0. The summed E-state index contributed by atoms with van der Waals surface area (Å²) >= 11 is 11.1. The first-order chi connectivity index (χ1) is 8.54. The number of hydrogen-bond acceptors (Lipinski definition) is 4. The van der Waals surface area contributed by atoms with E-state index >= 15 is 0 Å². The van der Waals surface area contributed by atoms with E-state index in [4.69, 9.17) is 22.1 Å². The molecular formula is C12H20BrClN2OS. The Morgan fingerprint density at radius 1 is 1.61 bits per heavy atom. The van der Waals surface area contributed by atoms with E-state index in [9.17, 15) is 0 Å². The van der Waals surface area contributed by atoms with E-state index < -0.39 is 0 Å². The number of likely N-dealkylation sites (N-methyl/N-ethyl adjacent to an activating group) is 1. The van der Waals surface area contributed by atoms with Crippen molar-refractivity contribution in [2.45, 2.75) is 25.9 Å². The minimum atomic E-state index is 0.189. The van der Waals surface area contributed by atoms with Crippen molar-refractivity contribution in [2.75, 3.05) is 26.8 Å². The van der Waals surface area contributed by atoms with E-state index in [2.05, 4.69) is 40.7 Å². The first kappa shape index (κ1) is 16.4. The number of methoxy groups -OCH3 is 1. The summed E-state index contributed by atoms with van der Waals surface area (Å²) in [6.07, 6.45) is 0. The van der Waals surface area contributed by atoms with Gasteiger partial charge in [0.2, 0.25) is 0 Å². The maximum absolute atomic E-state index is 6.11. The topological polar surface area (TPSA) is 38.5 Å². The molecule has 0 saturated heterocycles. The van der Waals surface area contributed by atoms with Gasteiger partial charge < -0.3 is 10.5 Å². The molecule has 0 aliphatic heterocycles. The van der Waals surface area contributed by atoms with E-state index in [1.807, 2.05) is 0 Å². The third-order valence-electron chi connectivity index (χ3n) is 2.96. The van der Waals surface area contributed by atoms with E-state index in [1.165, 1.54) is 4.88 Å². The van der Waals surface area contributed by atoms with Crippen molar-refractivity contribution < 1.29 is 4.74 Å². The van der Waals surface area contributed by atoms with Crippen LogP contribution in [0.1, 0.15) is 24.8 Å². The molecule has 1 heterocycles. The molecule has 0 radical (unpaired) electrons. The van der Waals surface area contributed by atoms with Gasteiger partial charge in [0, 0.05) is 29.0 Å². The fraction of sp³-hybridized carbons (Fsp3) is 0.667. The Labute approximate surface area is 126 Å². The average Bonchev–Trinajstić information content (AvgIpc) is 2.66. The third-order valence-corrected chi connectivity index (χ3v) is 5.53. The molecule has 0 amide bonds. The summed E-state index contributed by atoms with van der Waals surface area (Å²) in [5.74, 6) is 0. The zero-order chi connectivity index (χ0) is 13.7. The lowest BCUT2D eigenvalue weighted by atomic mass is 10.1. The number of thiophene rings is 1. The Balaban J connectivity index is 2.92. The Kier molecular flexibility index (Phi) is 7.13. The second-order valence-electron chi connectivity index (χ2n) is 4.16. The van der Waals surface area contributed by atoms with Crippen molar-refractivity contribution in [3.8, 4) is 0 Å². The Hall–Kier alpha value is 0.350. The maximum Gasteiger partial charge on any atom is 0.107 e. The lowest BCUT2D eigenvalue weighted by Gasteiger charge is -2.34. The van der Waals surface area contributed by atoms with Gasteiger partial charge in [-0.3, -0.25) is 4.90 Å². The molecule has 0 aliphatic rings. The monoisotopic (exact) mass is 354 g/mol. The first-order valence-corrected chi connectivity index (χ1v) is 7.93. The van der Waals surface area contributed by atoms with Crippen molar-refractivity contribution in [1.82, 2.24) is 4.90 Å². The van der Waals surface area contributed by atoms with Gasteiger partial charge in [-0.05, 0) is 35.5 Å². The fourth-order valence-electron chi connectivity index (χ4n) is 2.12. The number of rotatable bonds is 7. The summed E-state index contributed by atoms with van der Waals surface area (Å²) < 4.78 is 6.95. The standard InChI is InChI=1S/C12H20BrClN2OS/c1-4-16(8(2)7-17-3)10(6-15)11-5-9(13)12(14)18-11/h5,8,10H,4,6-7,15H2,1-3H3. The fourth-order valence-corrected chi connectivity index (χ4v) is 3.99. The SMILES string of the molecule is CCN(C(C)COC)C(CN)c1cc(Br)c(Cl)s1. The number of ether oxygens (including phenoxy) is 1. The van der Waals surface area contributed by atoms with Crippen molar-refractivity contribution in [2.24, 2.45) is 5.73 Å². The van der Waals surface area contributed by atoms with Crippen LogP contribution in [-0.4, -0.2) is 37.7 Å². The molecule has 1 aromatic rings. The molecule has 1 rings (SSSR count). The largest absolute Gasteiger partial charge is 0.383 e. The predicted molar refractivity (Wildman–Crippen MR) is 82.5 cm³/mol. The van der Waals surface area contributed by atoms with E-state index in [0.29, 0.717) is 19.2 Å². The van der Waals surface area contributed by atoms with Crippen LogP contribution in [-0.2, 0) is 4.74 Å². The second kappa shape index (κ2) is 7.82. The molecule has 1 aromatic heterocycles. The van der Waals surface area contributed by atoms with Crippen LogP contribution in [0.2, 0.25) is 4.34 Å². The van der Waals surface area contributed by atoms with Crippen LogP contribution in [0.15, 0.2) is 10.5 Å². The molecule has 0 aliphatic carbocycles. The predicted octanol–water partition coefficient (Wildman–Crippen LogP) is 3.52. The zero-order valence-corrected chi connectivity index (χ0v) is 14.1. The van der Waals surface area contributed by atoms with Crippen LogP contribution in [0.4, 0.5) is 0 Å². The van der Waals surface area contributed by atoms with Gasteiger partial charge in [0.15, 0.2) is 0 Å². The van der Waals surface area contributed by atoms with Crippen LogP contribution < -0.4 is 5.73 Å². The van der Waals surface area contributed by atoms with Gasteiger partial charge in [-0.1, -0.05) is 18.5 Å². The molecule has 3 nitrogen and oxygen atoms in total. The molecular weight excluding hydrogens is 336 g/mol. The molecule has 0 aromatic carbocycles. The van der Waals surface area contributed by atoms with Gasteiger partial charge in [0.1, 0.15) is 4.34 Å². The van der Waals surface area contributed by atoms with Crippen molar-refractivity contribution in [3.63, 3.8) is 0 Å². The highest BCUT2D eigenvalue weighted by atomic mass is 79.9. The first-order valence-electron chi connectivity index (χ1n) is 5.94. The molecule has 2 N–H and O–H groups in total. The van der Waals surface area contributed by atoms with Crippen LogP contribution in [0.5, 0.6) is 0 Å². The minimum Gasteiger partial charge on any atom is -0.383 e. The van der Waals surface area contributed by atoms with E-state index in [1.54, 1.807) is 18.4 Å². The van der Waals surface area contributed by atoms with Crippen molar-refractivity contribution >= 4 is 38.9 Å². The van der Waals surface area contributed by atoms with Gasteiger partial charge in [0.25, 0.3) is 0 Å². The Bertz CT molecular complexity index is 355. The Morgan fingerprint density at radius 2 is 2.28 bits per heavy atom. The van der Waals surface area contributed by atoms with Crippen LogP contribution >= 0.6 is 38.9 Å². The molecule has 18 heavy (non-hydrogen) atoms. The molecule has 2 unspecified atom stereocenters. The van der Waals surface area contributed by atoms with Crippen LogP contribution in [0.25, 0.3) is 0 Å². The summed E-state index contributed by atoms with van der Waals surface area (Å²) in [6, 6.07) is 2.58. The minimum absolute atomic E-state index is 0.189. The van der Waals surface area contributed by atoms with Gasteiger partial charge in [-0.25, -0.2) is 0 Å². The number of nitrogens with two attached hydrogens (primary N) is 1. The van der Waals surface area contributed by atoms with Gasteiger partial charge >= 0.3 is 0 Å². The highest BCUT2D eigenvalue weighted by Gasteiger charge is 2.24. The van der Waals surface area contributed by atoms with Crippen molar-refractivity contribution in [3.05, 3.63) is 19.8 Å². The molecule has 2 atom stereocenters. The van der Waals surface area contributed by atoms with Crippen molar-refractivity contribution in [1.29, 1.82) is 0 Å². The molecule has 0 fully saturated rings. The van der Waals surface area contributed by atoms with Gasteiger partial charge in [0.05, 0.1) is 12.6 Å². The summed E-state index contributed by atoms with van der Waals surface area (Å²) in [6.45, 7) is 6.49. The molecule has 0 spiro atoms. The number of nitrogens with zero attached hydrogens (tertiary/aromatic N) is 1. The highest BCUT2D eigenvalue weighted by molar-refractivity contribution is 9.10. The lowest BCUT2D eigenvalue weighted by molar-refractivity contribution is 0.0762. The summed E-state index contributed by atoms with van der Waals surface area (Å²) in [5, 5.41) is 0. The molecule has 104 valence electrons. The third kappa shape index (κ3) is 3.92. The molecule has 0 saturated carbocycles. The quantitative estimate of drug-likeness (QED) is 0.813. The van der Waals surface area contributed by atoms with Gasteiger partial charge in [-0.15, -0.1) is 11.3 Å².